The lowest BCUT2D eigenvalue weighted by molar-refractivity contribution is -0.170. The van der Waals surface area contributed by atoms with Gasteiger partial charge in [0.1, 0.15) is 0 Å². The van der Waals surface area contributed by atoms with Crippen LogP contribution in [0.2, 0.25) is 0 Å². The maximum absolute atomic E-state index is 11.8. The highest BCUT2D eigenvalue weighted by Crippen LogP contribution is 2.69. The van der Waals surface area contributed by atoms with Gasteiger partial charge in [-0.05, 0) is 123 Å². The Morgan fingerprint density at radius 1 is 0.694 bits per heavy atom. The first kappa shape index (κ1) is 27.5. The highest BCUT2D eigenvalue weighted by Gasteiger charge is 2.62. The molecule has 5 aliphatic rings. The van der Waals surface area contributed by atoms with Crippen LogP contribution in [0.25, 0.3) is 0 Å². The predicted molar refractivity (Wildman–Crippen MR) is 151 cm³/mol. The van der Waals surface area contributed by atoms with Crippen molar-refractivity contribution in [2.75, 3.05) is 0 Å². The van der Waals surface area contributed by atoms with E-state index >= 15 is 0 Å². The normalized spacial score (nSPS) is 47.2. The molecular formula is C34H60O2. The summed E-state index contributed by atoms with van der Waals surface area (Å²) in [5.41, 5.74) is -0.251. The van der Waals surface area contributed by atoms with Crippen LogP contribution < -0.4 is 0 Å². The number of rotatable bonds is 7. The van der Waals surface area contributed by atoms with Crippen LogP contribution in [0.1, 0.15) is 150 Å². The molecule has 5 saturated carbocycles. The van der Waals surface area contributed by atoms with Gasteiger partial charge in [-0.25, -0.2) is 0 Å². The van der Waals surface area contributed by atoms with Gasteiger partial charge < -0.3 is 10.2 Å². The first-order valence-electron chi connectivity index (χ1n) is 16.4. The van der Waals surface area contributed by atoms with E-state index in [1.54, 1.807) is 0 Å². The van der Waals surface area contributed by atoms with Crippen molar-refractivity contribution >= 4 is 0 Å². The van der Waals surface area contributed by atoms with E-state index in [4.69, 9.17) is 0 Å². The van der Waals surface area contributed by atoms with Crippen molar-refractivity contribution in [3.63, 3.8) is 0 Å². The number of hydrogen-bond acceptors (Lipinski definition) is 2. The van der Waals surface area contributed by atoms with E-state index in [1.807, 2.05) is 0 Å². The van der Waals surface area contributed by atoms with Gasteiger partial charge in [-0.15, -0.1) is 0 Å². The van der Waals surface area contributed by atoms with Gasteiger partial charge in [0, 0.05) is 6.42 Å². The predicted octanol–water partition coefficient (Wildman–Crippen LogP) is 8.92. The largest absolute Gasteiger partial charge is 0.390 e. The number of aliphatic hydroxyl groups is 2. The van der Waals surface area contributed by atoms with Crippen LogP contribution in [0, 0.1) is 52.3 Å². The van der Waals surface area contributed by atoms with Gasteiger partial charge in [-0.2, -0.15) is 0 Å². The minimum atomic E-state index is -0.629. The Morgan fingerprint density at radius 2 is 1.42 bits per heavy atom. The SMILES string of the molecule is CC(C)CCC[C@@H](C)[C@H]1CC[C@H]2[C@@H]3CCC4C[C@@](O)(CC5(O)CCCCC5)CC[C@]4(C)[C@H]3CC[C@]12C. The lowest BCUT2D eigenvalue weighted by Crippen LogP contribution is -2.57. The molecule has 2 N–H and O–H groups in total. The van der Waals surface area contributed by atoms with E-state index < -0.39 is 11.2 Å². The summed E-state index contributed by atoms with van der Waals surface area (Å²) in [7, 11) is 0. The monoisotopic (exact) mass is 500 g/mol. The number of fused-ring (bicyclic) bond motifs is 5. The van der Waals surface area contributed by atoms with E-state index in [0.29, 0.717) is 23.2 Å². The van der Waals surface area contributed by atoms with Gasteiger partial charge in [0.05, 0.1) is 11.2 Å². The van der Waals surface area contributed by atoms with E-state index in [9.17, 15) is 10.2 Å². The molecule has 1 unspecified atom stereocenters. The Morgan fingerprint density at radius 3 is 2.14 bits per heavy atom. The van der Waals surface area contributed by atoms with Gasteiger partial charge >= 0.3 is 0 Å². The van der Waals surface area contributed by atoms with Gasteiger partial charge in [-0.1, -0.05) is 73.1 Å². The molecule has 0 aliphatic heterocycles. The fraction of sp³-hybridized carbons (Fsp3) is 1.00. The minimum Gasteiger partial charge on any atom is -0.390 e. The van der Waals surface area contributed by atoms with Crippen molar-refractivity contribution in [1.82, 2.24) is 0 Å². The third-order valence-electron chi connectivity index (χ3n) is 13.5. The Balaban J connectivity index is 1.25. The highest BCUT2D eigenvalue weighted by molar-refractivity contribution is 5.11. The summed E-state index contributed by atoms with van der Waals surface area (Å²) < 4.78 is 0. The topological polar surface area (TPSA) is 40.5 Å². The molecule has 2 heteroatoms. The summed E-state index contributed by atoms with van der Waals surface area (Å²) in [4.78, 5) is 0. The molecular weight excluding hydrogens is 440 g/mol. The average Bonchev–Trinajstić information content (AvgIpc) is 3.17. The maximum Gasteiger partial charge on any atom is 0.0678 e. The molecule has 9 atom stereocenters. The van der Waals surface area contributed by atoms with E-state index in [-0.39, 0.29) is 0 Å². The van der Waals surface area contributed by atoms with Crippen LogP contribution in [0.5, 0.6) is 0 Å². The Bertz CT molecular complexity index is 754. The van der Waals surface area contributed by atoms with Crippen molar-refractivity contribution in [2.24, 2.45) is 52.3 Å². The smallest absolute Gasteiger partial charge is 0.0678 e. The molecule has 5 rings (SSSR count). The van der Waals surface area contributed by atoms with Crippen molar-refractivity contribution in [3.8, 4) is 0 Å². The summed E-state index contributed by atoms with van der Waals surface area (Å²) in [5, 5.41) is 23.0. The Labute approximate surface area is 223 Å². The van der Waals surface area contributed by atoms with Crippen LogP contribution in [0.15, 0.2) is 0 Å². The second-order valence-corrected chi connectivity index (χ2v) is 16.1. The first-order chi connectivity index (χ1) is 17.0. The summed E-state index contributed by atoms with van der Waals surface area (Å²) >= 11 is 0. The molecule has 0 saturated heterocycles. The molecule has 0 heterocycles. The van der Waals surface area contributed by atoms with E-state index in [0.717, 1.165) is 74.0 Å². The van der Waals surface area contributed by atoms with E-state index in [2.05, 4.69) is 34.6 Å². The summed E-state index contributed by atoms with van der Waals surface area (Å²) in [6, 6.07) is 0. The Hall–Kier alpha value is -0.0800. The molecule has 0 aromatic heterocycles. The molecule has 5 fully saturated rings. The van der Waals surface area contributed by atoms with Gasteiger partial charge in [0.2, 0.25) is 0 Å². The summed E-state index contributed by atoms with van der Waals surface area (Å²) in [6.45, 7) is 12.7. The van der Waals surface area contributed by atoms with Crippen molar-refractivity contribution in [1.29, 1.82) is 0 Å². The molecule has 0 aromatic carbocycles. The van der Waals surface area contributed by atoms with Gasteiger partial charge in [0.25, 0.3) is 0 Å². The number of hydrogen-bond donors (Lipinski definition) is 2. The van der Waals surface area contributed by atoms with Gasteiger partial charge in [0.15, 0.2) is 0 Å². The zero-order chi connectivity index (χ0) is 25.8. The third-order valence-corrected chi connectivity index (χ3v) is 13.5. The molecule has 0 bridgehead atoms. The molecule has 208 valence electrons. The van der Waals surface area contributed by atoms with Gasteiger partial charge in [-0.3, -0.25) is 0 Å². The van der Waals surface area contributed by atoms with Crippen LogP contribution in [0.3, 0.4) is 0 Å². The molecule has 2 nitrogen and oxygen atoms in total. The quantitative estimate of drug-likeness (QED) is 0.366. The van der Waals surface area contributed by atoms with E-state index in [1.165, 1.54) is 70.6 Å². The zero-order valence-corrected chi connectivity index (χ0v) is 24.7. The highest BCUT2D eigenvalue weighted by atomic mass is 16.3. The lowest BCUT2D eigenvalue weighted by atomic mass is 9.43. The first-order valence-corrected chi connectivity index (χ1v) is 16.4. The molecule has 36 heavy (non-hydrogen) atoms. The second-order valence-electron chi connectivity index (χ2n) is 16.1. The lowest BCUT2D eigenvalue weighted by Gasteiger charge is -2.62. The summed E-state index contributed by atoms with van der Waals surface area (Å²) in [6.07, 6.45) is 21.8. The zero-order valence-electron chi connectivity index (χ0n) is 24.7. The van der Waals surface area contributed by atoms with Crippen LogP contribution in [-0.4, -0.2) is 21.4 Å². The summed E-state index contributed by atoms with van der Waals surface area (Å²) in [5.74, 6) is 6.05. The van der Waals surface area contributed by atoms with Crippen molar-refractivity contribution in [2.45, 2.75) is 161 Å². The fourth-order valence-corrected chi connectivity index (χ4v) is 11.5. The molecule has 5 aliphatic carbocycles. The Kier molecular flexibility index (Phi) is 7.75. The average molecular weight is 501 g/mol. The van der Waals surface area contributed by atoms with Crippen LogP contribution in [-0.2, 0) is 0 Å². The second kappa shape index (κ2) is 10.1. The standard InChI is InChI=1S/C34H60O2/c1-24(2)10-9-11-25(3)28-14-15-29-27-13-12-26-22-34(36,23-33(35)17-7-6-8-18-33)21-20-31(26,4)30(27)16-19-32(28,29)5/h24-30,35-36H,6-23H2,1-5H3/t25-,26?,27+,28-,29+,30+,31+,32-,34-/m1/s1. The molecule has 0 radical (unpaired) electrons. The van der Waals surface area contributed by atoms with Crippen LogP contribution >= 0.6 is 0 Å². The molecule has 0 spiro atoms. The fourth-order valence-electron chi connectivity index (χ4n) is 11.5. The van der Waals surface area contributed by atoms with Crippen LogP contribution in [0.4, 0.5) is 0 Å². The van der Waals surface area contributed by atoms with Crippen molar-refractivity contribution in [3.05, 3.63) is 0 Å². The molecule has 0 amide bonds. The minimum absolute atomic E-state index is 0.409. The third kappa shape index (κ3) is 4.98. The maximum atomic E-state index is 11.8. The van der Waals surface area contributed by atoms with Crippen molar-refractivity contribution < 1.29 is 10.2 Å². The molecule has 0 aromatic rings.